The van der Waals surface area contributed by atoms with E-state index in [9.17, 15) is 0 Å². The van der Waals surface area contributed by atoms with Crippen molar-refractivity contribution in [2.45, 2.75) is 52.4 Å². The molecule has 0 radical (unpaired) electrons. The molecule has 22 heavy (non-hydrogen) atoms. The minimum absolute atomic E-state index is 0. The summed E-state index contributed by atoms with van der Waals surface area (Å²) in [5, 5.41) is 3.34. The monoisotopic (exact) mass is 436 g/mol. The third-order valence-corrected chi connectivity index (χ3v) is 5.26. The zero-order valence-corrected chi connectivity index (χ0v) is 17.3. The smallest absolute Gasteiger partial charge is 0.191 e. The van der Waals surface area contributed by atoms with Crippen LogP contribution in [-0.4, -0.2) is 35.5 Å². The van der Waals surface area contributed by atoms with Gasteiger partial charge in [-0.15, -0.1) is 35.3 Å². The standard InChI is InChI=1S/C16H28N4S.HI/c1-12-6-9-20(10-7-12)15(17)18-8-5-13-11-21-14(19-13)16(2,3)4;/h11-12H,5-10H2,1-4H3,(H2,17,18);1H. The van der Waals surface area contributed by atoms with Crippen molar-refractivity contribution in [3.8, 4) is 0 Å². The number of aliphatic imine (C=N–C) groups is 1. The average Bonchev–Trinajstić information content (AvgIpc) is 2.88. The molecular weight excluding hydrogens is 407 g/mol. The van der Waals surface area contributed by atoms with Gasteiger partial charge in [0.15, 0.2) is 5.96 Å². The molecule has 0 unspecified atom stereocenters. The molecule has 0 bridgehead atoms. The minimum atomic E-state index is 0. The fourth-order valence-electron chi connectivity index (χ4n) is 2.39. The quantitative estimate of drug-likeness (QED) is 0.447. The lowest BCUT2D eigenvalue weighted by Crippen LogP contribution is -2.42. The van der Waals surface area contributed by atoms with Crippen LogP contribution in [0.15, 0.2) is 10.4 Å². The molecule has 4 nitrogen and oxygen atoms in total. The summed E-state index contributed by atoms with van der Waals surface area (Å²) in [7, 11) is 0. The van der Waals surface area contributed by atoms with E-state index < -0.39 is 0 Å². The van der Waals surface area contributed by atoms with E-state index in [-0.39, 0.29) is 29.4 Å². The van der Waals surface area contributed by atoms with Crippen LogP contribution in [0, 0.1) is 5.92 Å². The second-order valence-corrected chi connectivity index (χ2v) is 7.91. The van der Waals surface area contributed by atoms with Gasteiger partial charge in [0.1, 0.15) is 0 Å². The molecule has 0 saturated carbocycles. The molecule has 1 aliphatic rings. The highest BCUT2D eigenvalue weighted by molar-refractivity contribution is 14.0. The maximum atomic E-state index is 6.09. The van der Waals surface area contributed by atoms with Crippen LogP contribution in [0.1, 0.15) is 51.2 Å². The summed E-state index contributed by atoms with van der Waals surface area (Å²) in [6, 6.07) is 0. The first-order chi connectivity index (χ1) is 9.86. The second-order valence-electron chi connectivity index (χ2n) is 7.05. The molecule has 0 aliphatic carbocycles. The van der Waals surface area contributed by atoms with Gasteiger partial charge in [-0.2, -0.15) is 0 Å². The molecule has 0 atom stereocenters. The Morgan fingerprint density at radius 3 is 2.59 bits per heavy atom. The van der Waals surface area contributed by atoms with Crippen LogP contribution in [-0.2, 0) is 11.8 Å². The average molecular weight is 436 g/mol. The number of aromatic nitrogens is 1. The molecule has 2 N–H and O–H groups in total. The third-order valence-electron chi connectivity index (χ3n) is 3.94. The highest BCUT2D eigenvalue weighted by Crippen LogP contribution is 2.25. The number of hydrogen-bond donors (Lipinski definition) is 1. The number of guanidine groups is 1. The van der Waals surface area contributed by atoms with Gasteiger partial charge in [0.2, 0.25) is 0 Å². The van der Waals surface area contributed by atoms with E-state index in [0.717, 1.165) is 37.7 Å². The number of likely N-dealkylation sites (tertiary alicyclic amines) is 1. The van der Waals surface area contributed by atoms with Gasteiger partial charge in [0, 0.05) is 36.9 Å². The lowest BCUT2D eigenvalue weighted by molar-refractivity contribution is 0.277. The number of halogens is 1. The Hall–Kier alpha value is -0.370. The Morgan fingerprint density at radius 1 is 1.41 bits per heavy atom. The van der Waals surface area contributed by atoms with Crippen molar-refractivity contribution in [2.75, 3.05) is 19.6 Å². The normalized spacial score (nSPS) is 17.5. The van der Waals surface area contributed by atoms with Crippen LogP contribution >= 0.6 is 35.3 Å². The summed E-state index contributed by atoms with van der Waals surface area (Å²) >= 11 is 1.74. The molecule has 1 saturated heterocycles. The van der Waals surface area contributed by atoms with E-state index in [1.165, 1.54) is 17.8 Å². The molecule has 6 heteroatoms. The topological polar surface area (TPSA) is 54.5 Å². The van der Waals surface area contributed by atoms with Gasteiger partial charge in [-0.3, -0.25) is 4.99 Å². The number of thiazole rings is 1. The molecule has 2 rings (SSSR count). The molecule has 1 aromatic heterocycles. The molecule has 126 valence electrons. The summed E-state index contributed by atoms with van der Waals surface area (Å²) in [5.41, 5.74) is 7.36. The molecule has 0 aromatic carbocycles. The number of piperidine rings is 1. The van der Waals surface area contributed by atoms with Gasteiger partial charge in [0.05, 0.1) is 10.7 Å². The van der Waals surface area contributed by atoms with Crippen molar-refractivity contribution in [2.24, 2.45) is 16.6 Å². The van der Waals surface area contributed by atoms with Gasteiger partial charge < -0.3 is 10.6 Å². The largest absolute Gasteiger partial charge is 0.370 e. The summed E-state index contributed by atoms with van der Waals surface area (Å²) in [5.74, 6) is 1.52. The SMILES string of the molecule is CC1CCN(C(N)=NCCc2csc(C(C)(C)C)n2)CC1.I. The molecule has 1 fully saturated rings. The Balaban J connectivity index is 0.00000242. The molecule has 0 amide bonds. The number of nitrogens with two attached hydrogens (primary N) is 1. The first-order valence-electron chi connectivity index (χ1n) is 7.86. The van der Waals surface area contributed by atoms with E-state index in [0.29, 0.717) is 5.96 Å². The van der Waals surface area contributed by atoms with Gasteiger partial charge in [-0.25, -0.2) is 4.98 Å². The Labute approximate surface area is 155 Å². The Bertz CT molecular complexity index is 485. The lowest BCUT2D eigenvalue weighted by Gasteiger charge is -2.31. The maximum absolute atomic E-state index is 6.09. The van der Waals surface area contributed by atoms with Crippen molar-refractivity contribution in [3.05, 3.63) is 16.1 Å². The van der Waals surface area contributed by atoms with Gasteiger partial charge in [-0.1, -0.05) is 27.7 Å². The van der Waals surface area contributed by atoms with Crippen molar-refractivity contribution in [1.82, 2.24) is 9.88 Å². The predicted octanol–water partition coefficient (Wildman–Crippen LogP) is 3.65. The van der Waals surface area contributed by atoms with Crippen molar-refractivity contribution < 1.29 is 0 Å². The van der Waals surface area contributed by atoms with Crippen LogP contribution < -0.4 is 5.73 Å². The number of rotatable bonds is 3. The maximum Gasteiger partial charge on any atom is 0.191 e. The van der Waals surface area contributed by atoms with Crippen LogP contribution in [0.25, 0.3) is 0 Å². The number of nitrogens with zero attached hydrogens (tertiary/aromatic N) is 3. The van der Waals surface area contributed by atoms with Crippen molar-refractivity contribution >= 4 is 41.3 Å². The highest BCUT2D eigenvalue weighted by Gasteiger charge is 2.18. The summed E-state index contributed by atoms with van der Waals surface area (Å²) in [6.07, 6.45) is 3.31. The van der Waals surface area contributed by atoms with Crippen molar-refractivity contribution in [3.63, 3.8) is 0 Å². The molecule has 1 aliphatic heterocycles. The zero-order chi connectivity index (χ0) is 15.5. The van der Waals surface area contributed by atoms with Gasteiger partial charge in [0.25, 0.3) is 0 Å². The summed E-state index contributed by atoms with van der Waals surface area (Å²) < 4.78 is 0. The van der Waals surface area contributed by atoms with Crippen LogP contribution in [0.5, 0.6) is 0 Å². The summed E-state index contributed by atoms with van der Waals surface area (Å²) in [4.78, 5) is 11.4. The van der Waals surface area contributed by atoms with E-state index in [2.05, 4.69) is 43.0 Å². The van der Waals surface area contributed by atoms with Gasteiger partial charge >= 0.3 is 0 Å². The molecular formula is C16H29IN4S. The van der Waals surface area contributed by atoms with E-state index >= 15 is 0 Å². The van der Waals surface area contributed by atoms with E-state index in [4.69, 9.17) is 10.7 Å². The van der Waals surface area contributed by atoms with E-state index in [1.54, 1.807) is 11.3 Å². The Morgan fingerprint density at radius 2 is 2.05 bits per heavy atom. The second kappa shape index (κ2) is 8.47. The number of hydrogen-bond acceptors (Lipinski definition) is 3. The third kappa shape index (κ3) is 5.68. The van der Waals surface area contributed by atoms with Crippen LogP contribution in [0.2, 0.25) is 0 Å². The van der Waals surface area contributed by atoms with Crippen molar-refractivity contribution in [1.29, 1.82) is 0 Å². The first kappa shape index (κ1) is 19.7. The van der Waals surface area contributed by atoms with Gasteiger partial charge in [-0.05, 0) is 18.8 Å². The van der Waals surface area contributed by atoms with E-state index in [1.807, 2.05) is 0 Å². The zero-order valence-electron chi connectivity index (χ0n) is 14.1. The summed E-state index contributed by atoms with van der Waals surface area (Å²) in [6.45, 7) is 11.7. The van der Waals surface area contributed by atoms with Crippen LogP contribution in [0.4, 0.5) is 0 Å². The lowest BCUT2D eigenvalue weighted by atomic mass is 9.98. The Kier molecular flexibility index (Phi) is 7.58. The highest BCUT2D eigenvalue weighted by atomic mass is 127. The first-order valence-corrected chi connectivity index (χ1v) is 8.74. The predicted molar refractivity (Wildman–Crippen MR) is 106 cm³/mol. The van der Waals surface area contributed by atoms with Crippen LogP contribution in [0.3, 0.4) is 0 Å². The minimum Gasteiger partial charge on any atom is -0.370 e. The molecule has 2 heterocycles. The fraction of sp³-hybridized carbons (Fsp3) is 0.750. The molecule has 0 spiro atoms. The fourth-order valence-corrected chi connectivity index (χ4v) is 3.33. The molecule has 1 aromatic rings.